The summed E-state index contributed by atoms with van der Waals surface area (Å²) in [4.78, 5) is 12.8. The highest BCUT2D eigenvalue weighted by atomic mass is 32.2. The number of halogens is 1. The summed E-state index contributed by atoms with van der Waals surface area (Å²) in [6, 6.07) is 12.4. The van der Waals surface area contributed by atoms with E-state index in [1.54, 1.807) is 18.2 Å². The second-order valence-electron chi connectivity index (χ2n) is 8.50. The molecule has 1 aliphatic heterocycles. The molecule has 11 heteroatoms. The lowest BCUT2D eigenvalue weighted by atomic mass is 9.94. The van der Waals surface area contributed by atoms with E-state index in [-0.39, 0.29) is 10.7 Å². The molecule has 1 aliphatic rings. The summed E-state index contributed by atoms with van der Waals surface area (Å²) in [6.07, 6.45) is 1.01. The summed E-state index contributed by atoms with van der Waals surface area (Å²) in [5.74, 6) is 0.337. The molecular formula is C23H25FN4O3S3. The number of nitrogens with zero attached hydrogens (tertiary/aromatic N) is 3. The molecule has 1 N–H and O–H groups in total. The molecule has 0 radical (unpaired) electrons. The van der Waals surface area contributed by atoms with E-state index in [0.29, 0.717) is 51.3 Å². The van der Waals surface area contributed by atoms with Gasteiger partial charge in [-0.3, -0.25) is 10.1 Å². The third-order valence-electron chi connectivity index (χ3n) is 5.53. The van der Waals surface area contributed by atoms with Gasteiger partial charge in [0.05, 0.1) is 4.90 Å². The molecule has 1 amide bonds. The Balaban J connectivity index is 1.37. The fourth-order valence-electron chi connectivity index (χ4n) is 3.97. The van der Waals surface area contributed by atoms with Crippen LogP contribution in [0.2, 0.25) is 0 Å². The maximum Gasteiger partial charge on any atom is 0.257 e. The van der Waals surface area contributed by atoms with Gasteiger partial charge in [-0.25, -0.2) is 12.8 Å². The van der Waals surface area contributed by atoms with Crippen LogP contribution in [0.1, 0.15) is 36.2 Å². The van der Waals surface area contributed by atoms with Gasteiger partial charge in [-0.2, -0.15) is 4.31 Å². The highest BCUT2D eigenvalue weighted by Gasteiger charge is 2.31. The average molecular weight is 521 g/mol. The number of thioether (sulfide) groups is 1. The molecule has 0 saturated carbocycles. The number of anilines is 1. The molecule has 2 aromatic carbocycles. The first-order valence-corrected chi connectivity index (χ1v) is 14.1. The van der Waals surface area contributed by atoms with E-state index in [1.165, 1.54) is 57.7 Å². The first-order valence-electron chi connectivity index (χ1n) is 10.8. The van der Waals surface area contributed by atoms with Crippen LogP contribution in [0.25, 0.3) is 0 Å². The zero-order valence-electron chi connectivity index (χ0n) is 18.8. The van der Waals surface area contributed by atoms with Crippen LogP contribution in [0.3, 0.4) is 0 Å². The van der Waals surface area contributed by atoms with Crippen LogP contribution < -0.4 is 5.32 Å². The molecule has 1 fully saturated rings. The van der Waals surface area contributed by atoms with Gasteiger partial charge >= 0.3 is 0 Å². The fourth-order valence-corrected chi connectivity index (χ4v) is 7.39. The summed E-state index contributed by atoms with van der Waals surface area (Å²) in [5, 5.41) is 11.0. The van der Waals surface area contributed by atoms with Crippen LogP contribution in [0.5, 0.6) is 0 Å². The van der Waals surface area contributed by atoms with Crippen molar-refractivity contribution in [3.8, 4) is 0 Å². The zero-order chi connectivity index (χ0) is 24.3. The van der Waals surface area contributed by atoms with Crippen molar-refractivity contribution in [1.29, 1.82) is 0 Å². The molecule has 2 atom stereocenters. The monoisotopic (exact) mass is 520 g/mol. The van der Waals surface area contributed by atoms with E-state index < -0.39 is 15.9 Å². The number of amides is 1. The van der Waals surface area contributed by atoms with Crippen LogP contribution in [-0.4, -0.2) is 41.9 Å². The van der Waals surface area contributed by atoms with E-state index >= 15 is 0 Å². The number of sulfonamides is 1. The summed E-state index contributed by atoms with van der Waals surface area (Å²) in [5.41, 5.74) is 0.881. The van der Waals surface area contributed by atoms with Crippen LogP contribution in [0, 0.1) is 17.7 Å². The number of hydrogen-bond acceptors (Lipinski definition) is 7. The SMILES string of the molecule is CC1CC(C)CN(S(=O)(=O)c2ccc(C(=O)Nc3nnc(SCc4ccccc4F)s3)cc2)C1. The molecule has 34 heavy (non-hydrogen) atoms. The molecule has 0 bridgehead atoms. The normalized spacial score (nSPS) is 19.1. The number of nitrogens with one attached hydrogen (secondary N) is 1. The number of rotatable bonds is 7. The Morgan fingerprint density at radius 2 is 1.79 bits per heavy atom. The van der Waals surface area contributed by atoms with Gasteiger partial charge in [-0.15, -0.1) is 10.2 Å². The molecule has 2 unspecified atom stereocenters. The molecular weight excluding hydrogens is 495 g/mol. The summed E-state index contributed by atoms with van der Waals surface area (Å²) >= 11 is 2.52. The minimum Gasteiger partial charge on any atom is -0.296 e. The summed E-state index contributed by atoms with van der Waals surface area (Å²) < 4.78 is 41.9. The molecule has 0 spiro atoms. The number of aromatic nitrogens is 2. The Labute approximate surface area is 206 Å². The van der Waals surface area contributed by atoms with E-state index in [0.717, 1.165) is 6.42 Å². The predicted octanol–water partition coefficient (Wildman–Crippen LogP) is 4.89. The van der Waals surface area contributed by atoms with Gasteiger partial charge in [0.15, 0.2) is 4.34 Å². The minimum absolute atomic E-state index is 0.174. The number of carbonyl (C=O) groups is 1. The van der Waals surface area contributed by atoms with Crippen molar-refractivity contribution in [3.63, 3.8) is 0 Å². The van der Waals surface area contributed by atoms with Crippen molar-refractivity contribution in [2.24, 2.45) is 11.8 Å². The Morgan fingerprint density at radius 3 is 2.47 bits per heavy atom. The molecule has 180 valence electrons. The topological polar surface area (TPSA) is 92.3 Å². The summed E-state index contributed by atoms with van der Waals surface area (Å²) in [6.45, 7) is 5.12. The Hall–Kier alpha value is -2.34. The molecule has 4 rings (SSSR count). The van der Waals surface area contributed by atoms with Gasteiger partial charge < -0.3 is 0 Å². The Morgan fingerprint density at radius 1 is 1.12 bits per heavy atom. The third kappa shape index (κ3) is 5.83. The lowest BCUT2D eigenvalue weighted by Crippen LogP contribution is -2.42. The van der Waals surface area contributed by atoms with Gasteiger partial charge in [0.1, 0.15) is 5.82 Å². The standard InChI is InChI=1S/C23H25FN4O3S3/c1-15-11-16(2)13-28(12-15)34(30,31)19-9-7-17(8-10-19)21(29)25-22-26-27-23(33-22)32-14-18-5-3-4-6-20(18)24/h3-10,15-16H,11-14H2,1-2H3,(H,25,26,29). The number of carbonyl (C=O) groups excluding carboxylic acids is 1. The van der Waals surface area contributed by atoms with Crippen molar-refractivity contribution >= 4 is 44.2 Å². The van der Waals surface area contributed by atoms with Crippen molar-refractivity contribution < 1.29 is 17.6 Å². The van der Waals surface area contributed by atoms with E-state index in [1.807, 2.05) is 0 Å². The van der Waals surface area contributed by atoms with Crippen LogP contribution >= 0.6 is 23.1 Å². The van der Waals surface area contributed by atoms with Gasteiger partial charge in [-0.05, 0) is 54.2 Å². The van der Waals surface area contributed by atoms with E-state index in [9.17, 15) is 17.6 Å². The zero-order valence-corrected chi connectivity index (χ0v) is 21.2. The Bertz CT molecular complexity index is 1250. The number of piperidine rings is 1. The first-order chi connectivity index (χ1) is 16.2. The molecule has 0 aliphatic carbocycles. The fraction of sp³-hybridized carbons (Fsp3) is 0.348. The van der Waals surface area contributed by atoms with Crippen molar-refractivity contribution in [1.82, 2.24) is 14.5 Å². The molecule has 1 saturated heterocycles. The second kappa shape index (κ2) is 10.5. The smallest absolute Gasteiger partial charge is 0.257 e. The first kappa shape index (κ1) is 24.8. The van der Waals surface area contributed by atoms with Crippen LogP contribution in [-0.2, 0) is 15.8 Å². The maximum atomic E-state index is 13.8. The van der Waals surface area contributed by atoms with E-state index in [2.05, 4.69) is 29.4 Å². The second-order valence-corrected chi connectivity index (χ2v) is 12.6. The largest absolute Gasteiger partial charge is 0.296 e. The third-order valence-corrected chi connectivity index (χ3v) is 9.39. The lowest BCUT2D eigenvalue weighted by Gasteiger charge is -2.34. The summed E-state index contributed by atoms with van der Waals surface area (Å²) in [7, 11) is -3.61. The maximum absolute atomic E-state index is 13.8. The molecule has 1 aromatic heterocycles. The van der Waals surface area contributed by atoms with Crippen LogP contribution in [0.15, 0.2) is 57.8 Å². The van der Waals surface area contributed by atoms with Crippen molar-refractivity contribution in [2.75, 3.05) is 18.4 Å². The molecule has 7 nitrogen and oxygen atoms in total. The Kier molecular flexibility index (Phi) is 7.66. The molecule has 3 aromatic rings. The number of hydrogen-bond donors (Lipinski definition) is 1. The van der Waals surface area contributed by atoms with Gasteiger partial charge in [-0.1, -0.05) is 55.1 Å². The van der Waals surface area contributed by atoms with Crippen molar-refractivity contribution in [3.05, 3.63) is 65.5 Å². The highest BCUT2D eigenvalue weighted by molar-refractivity contribution is 8.00. The molecule has 2 heterocycles. The minimum atomic E-state index is -3.61. The van der Waals surface area contributed by atoms with Gasteiger partial charge in [0.2, 0.25) is 15.2 Å². The highest BCUT2D eigenvalue weighted by Crippen LogP contribution is 2.30. The van der Waals surface area contributed by atoms with E-state index in [4.69, 9.17) is 0 Å². The van der Waals surface area contributed by atoms with Gasteiger partial charge in [0, 0.05) is 24.4 Å². The van der Waals surface area contributed by atoms with Crippen LogP contribution in [0.4, 0.5) is 9.52 Å². The van der Waals surface area contributed by atoms with Gasteiger partial charge in [0.25, 0.3) is 5.91 Å². The quantitative estimate of drug-likeness (QED) is 0.352. The average Bonchev–Trinajstić information content (AvgIpc) is 3.25. The van der Waals surface area contributed by atoms with Crippen molar-refractivity contribution in [2.45, 2.75) is 35.3 Å². The number of benzene rings is 2. The lowest BCUT2D eigenvalue weighted by molar-refractivity contribution is 0.102. The predicted molar refractivity (Wildman–Crippen MR) is 132 cm³/mol.